The third-order valence-corrected chi connectivity index (χ3v) is 8.51. The van der Waals surface area contributed by atoms with Crippen molar-refractivity contribution in [3.05, 3.63) is 57.6 Å². The number of urea groups is 1. The van der Waals surface area contributed by atoms with Gasteiger partial charge in [0, 0.05) is 26.2 Å². The third-order valence-electron chi connectivity index (χ3n) is 7.77. The molecule has 1 unspecified atom stereocenters. The Morgan fingerprint density at radius 3 is 2.43 bits per heavy atom. The van der Waals surface area contributed by atoms with Crippen LogP contribution in [0.2, 0.25) is 10.0 Å². The zero-order chi connectivity index (χ0) is 29.5. The van der Waals surface area contributed by atoms with Gasteiger partial charge >= 0.3 is 12.0 Å². The summed E-state index contributed by atoms with van der Waals surface area (Å²) in [7, 11) is 3.14. The molecule has 42 heavy (non-hydrogen) atoms. The van der Waals surface area contributed by atoms with Crippen LogP contribution in [0.5, 0.6) is 11.5 Å². The lowest BCUT2D eigenvalue weighted by Crippen LogP contribution is -2.35. The molecule has 1 atom stereocenters. The second-order valence-corrected chi connectivity index (χ2v) is 11.6. The van der Waals surface area contributed by atoms with Crippen molar-refractivity contribution in [3.8, 4) is 11.5 Å². The quantitative estimate of drug-likeness (QED) is 0.256. The van der Waals surface area contributed by atoms with E-state index in [1.54, 1.807) is 32.4 Å². The predicted octanol–water partition coefficient (Wildman–Crippen LogP) is 6.29. The summed E-state index contributed by atoms with van der Waals surface area (Å²) >= 11 is 12.5. The first kappa shape index (κ1) is 33.8. The van der Waals surface area contributed by atoms with Crippen molar-refractivity contribution in [2.45, 2.75) is 51.1 Å². The maximum atomic E-state index is 12.1. The molecule has 2 fully saturated rings. The number of carbonyl (C=O) groups excluding carboxylic acids is 2. The van der Waals surface area contributed by atoms with E-state index in [0.29, 0.717) is 34.0 Å². The van der Waals surface area contributed by atoms with Gasteiger partial charge in [0.15, 0.2) is 11.5 Å². The topological polar surface area (TPSA) is 99.6 Å². The molecule has 230 valence electrons. The van der Waals surface area contributed by atoms with Gasteiger partial charge in [-0.3, -0.25) is 19.4 Å². The van der Waals surface area contributed by atoms with Crippen LogP contribution in [0.25, 0.3) is 0 Å². The van der Waals surface area contributed by atoms with E-state index in [1.807, 2.05) is 18.2 Å². The van der Waals surface area contributed by atoms with Crippen LogP contribution in [-0.2, 0) is 16.1 Å². The van der Waals surface area contributed by atoms with Crippen molar-refractivity contribution in [2.75, 3.05) is 40.4 Å². The third kappa shape index (κ3) is 8.66. The Morgan fingerprint density at radius 1 is 1.07 bits per heavy atom. The maximum Gasteiger partial charge on any atom is 0.327 e. The van der Waals surface area contributed by atoms with E-state index in [1.165, 1.54) is 29.1 Å². The first-order chi connectivity index (χ1) is 19.7. The summed E-state index contributed by atoms with van der Waals surface area (Å²) in [6, 6.07) is 10.2. The van der Waals surface area contributed by atoms with Crippen molar-refractivity contribution >= 4 is 53.5 Å². The van der Waals surface area contributed by atoms with Gasteiger partial charge in [-0.05, 0) is 54.2 Å². The summed E-state index contributed by atoms with van der Waals surface area (Å²) in [5.41, 5.74) is 1.74. The van der Waals surface area contributed by atoms with Crippen LogP contribution in [0, 0.1) is 5.92 Å². The van der Waals surface area contributed by atoms with Crippen LogP contribution in [0.3, 0.4) is 0 Å². The van der Waals surface area contributed by atoms with Gasteiger partial charge in [0.05, 0.1) is 30.1 Å². The minimum atomic E-state index is -0.891. The van der Waals surface area contributed by atoms with Crippen molar-refractivity contribution in [1.82, 2.24) is 14.7 Å². The van der Waals surface area contributed by atoms with Crippen LogP contribution in [0.4, 0.5) is 4.79 Å². The van der Waals surface area contributed by atoms with Gasteiger partial charge in [-0.15, -0.1) is 12.4 Å². The van der Waals surface area contributed by atoms with Gasteiger partial charge in [0.1, 0.15) is 13.2 Å². The SMILES string of the molecule is COc1cc(CN(CC2CCCCC2)C(CC(=O)O)c2ccc(Cl)c(Cl)c2)ccc1OCCN1C(=O)CN(C)C1=O.Cl. The van der Waals surface area contributed by atoms with E-state index in [-0.39, 0.29) is 50.5 Å². The Labute approximate surface area is 263 Å². The number of ether oxygens (including phenoxy) is 2. The Kier molecular flexibility index (Phi) is 12.6. The lowest BCUT2D eigenvalue weighted by atomic mass is 9.88. The first-order valence-electron chi connectivity index (χ1n) is 13.9. The number of amides is 3. The summed E-state index contributed by atoms with van der Waals surface area (Å²) in [5, 5.41) is 10.7. The number of benzene rings is 2. The predicted molar refractivity (Wildman–Crippen MR) is 164 cm³/mol. The normalized spacial score (nSPS) is 16.5. The summed E-state index contributed by atoms with van der Waals surface area (Å²) in [5.74, 6) is 0.341. The molecule has 2 aromatic rings. The van der Waals surface area contributed by atoms with Crippen LogP contribution < -0.4 is 9.47 Å². The molecule has 1 aliphatic heterocycles. The summed E-state index contributed by atoms with van der Waals surface area (Å²) in [4.78, 5) is 40.9. The molecule has 0 aromatic heterocycles. The highest BCUT2D eigenvalue weighted by Crippen LogP contribution is 2.35. The van der Waals surface area contributed by atoms with Crippen molar-refractivity contribution in [3.63, 3.8) is 0 Å². The number of imide groups is 1. The molecule has 1 N–H and O–H groups in total. The molecule has 4 rings (SSSR count). The molecule has 3 amide bonds. The Morgan fingerprint density at radius 2 is 1.81 bits per heavy atom. The number of aliphatic carboxylic acids is 1. The summed E-state index contributed by atoms with van der Waals surface area (Å²) in [6.45, 7) is 1.59. The lowest BCUT2D eigenvalue weighted by molar-refractivity contribution is -0.138. The average Bonchev–Trinajstić information content (AvgIpc) is 3.19. The Hall–Kier alpha value is -2.72. The van der Waals surface area contributed by atoms with Crippen molar-refractivity contribution < 1.29 is 29.0 Å². The molecule has 1 heterocycles. The monoisotopic (exact) mass is 641 g/mol. The number of carboxylic acid groups (broad SMARTS) is 1. The van der Waals surface area contributed by atoms with Gasteiger partial charge in [0.25, 0.3) is 0 Å². The van der Waals surface area contributed by atoms with Crippen LogP contribution in [0.1, 0.15) is 55.7 Å². The number of likely N-dealkylation sites (N-methyl/N-ethyl adjacent to an activating group) is 1. The van der Waals surface area contributed by atoms with Gasteiger partial charge in [0.2, 0.25) is 5.91 Å². The summed E-state index contributed by atoms with van der Waals surface area (Å²) < 4.78 is 11.5. The smallest absolute Gasteiger partial charge is 0.327 e. The number of rotatable bonds is 13. The van der Waals surface area contributed by atoms with E-state index in [4.69, 9.17) is 32.7 Å². The lowest BCUT2D eigenvalue weighted by Gasteiger charge is -2.36. The van der Waals surface area contributed by atoms with E-state index < -0.39 is 12.0 Å². The average molecular weight is 643 g/mol. The summed E-state index contributed by atoms with van der Waals surface area (Å²) in [6.07, 6.45) is 5.75. The zero-order valence-electron chi connectivity index (χ0n) is 23.9. The minimum absolute atomic E-state index is 0. The Balaban J connectivity index is 0.00000484. The number of nitrogens with zero attached hydrogens (tertiary/aromatic N) is 3. The van der Waals surface area contributed by atoms with E-state index >= 15 is 0 Å². The molecule has 2 aliphatic rings. The Bertz CT molecular complexity index is 1260. The largest absolute Gasteiger partial charge is 0.493 e. The molecule has 1 saturated heterocycles. The fourth-order valence-corrected chi connectivity index (χ4v) is 5.95. The molecule has 12 heteroatoms. The fraction of sp³-hybridized carbons (Fsp3) is 0.500. The molecule has 1 saturated carbocycles. The maximum absolute atomic E-state index is 12.1. The number of halogens is 3. The van der Waals surface area contributed by atoms with Crippen LogP contribution in [0.15, 0.2) is 36.4 Å². The number of carboxylic acids is 1. The molecular weight excluding hydrogens is 605 g/mol. The highest BCUT2D eigenvalue weighted by Gasteiger charge is 2.33. The van der Waals surface area contributed by atoms with Gasteiger partial charge in [-0.25, -0.2) is 4.79 Å². The molecule has 0 radical (unpaired) electrons. The zero-order valence-corrected chi connectivity index (χ0v) is 26.2. The molecule has 2 aromatic carbocycles. The number of hydrogen-bond donors (Lipinski definition) is 1. The molecule has 0 bridgehead atoms. The number of carbonyl (C=O) groups is 3. The molecule has 9 nitrogen and oxygen atoms in total. The van der Waals surface area contributed by atoms with Gasteiger partial charge < -0.3 is 19.5 Å². The van der Waals surface area contributed by atoms with Gasteiger partial charge in [-0.1, -0.05) is 54.6 Å². The van der Waals surface area contributed by atoms with E-state index in [9.17, 15) is 19.5 Å². The highest BCUT2D eigenvalue weighted by atomic mass is 35.5. The van der Waals surface area contributed by atoms with Crippen molar-refractivity contribution in [2.24, 2.45) is 5.92 Å². The molecule has 1 aliphatic carbocycles. The molecular formula is C30H38Cl3N3O6. The van der Waals surface area contributed by atoms with Gasteiger partial charge in [-0.2, -0.15) is 0 Å². The number of hydrogen-bond acceptors (Lipinski definition) is 6. The second kappa shape index (κ2) is 15.7. The van der Waals surface area contributed by atoms with Crippen molar-refractivity contribution in [1.29, 1.82) is 0 Å². The standard InChI is InChI=1S/C30H37Cl2N3O6.ClH/c1-33-19-28(36)35(30(33)39)12-13-41-26-11-8-21(14-27(26)40-2)18-34(17-20-6-4-3-5-7-20)25(16-29(37)38)22-9-10-23(31)24(32)15-22;/h8-11,14-15,20,25H,3-7,12-13,16-19H2,1-2H3,(H,37,38);1H. The van der Waals surface area contributed by atoms with Crippen LogP contribution in [-0.4, -0.2) is 78.1 Å². The highest BCUT2D eigenvalue weighted by molar-refractivity contribution is 6.42. The molecule has 0 spiro atoms. The number of methoxy groups -OCH3 is 1. The van der Waals surface area contributed by atoms with Crippen LogP contribution >= 0.6 is 35.6 Å². The first-order valence-corrected chi connectivity index (χ1v) is 14.7. The van der Waals surface area contributed by atoms with E-state index in [0.717, 1.165) is 30.5 Å². The fourth-order valence-electron chi connectivity index (χ4n) is 5.65. The van der Waals surface area contributed by atoms with E-state index in [2.05, 4.69) is 4.90 Å². The minimum Gasteiger partial charge on any atom is -0.493 e. The second-order valence-electron chi connectivity index (χ2n) is 10.7.